The Morgan fingerprint density at radius 3 is 1.35 bits per heavy atom. The molecule has 4 N–H and O–H groups in total. The second kappa shape index (κ2) is 12.8. The predicted molar refractivity (Wildman–Crippen MR) is 105 cm³/mol. The standard InChI is InChI=1S/C20H38N4O2/c25-19(23-17-11-5-3-6-12-17)21-15-9-1-2-10-16-22-20(26)24-18-13-7-4-8-14-18/h17-18H,1-16H2,(H2,21,23,25)(H2,22,24,26). The lowest BCUT2D eigenvalue weighted by Gasteiger charge is -2.23. The van der Waals surface area contributed by atoms with E-state index in [9.17, 15) is 9.59 Å². The maximum absolute atomic E-state index is 11.8. The van der Waals surface area contributed by atoms with Crippen molar-refractivity contribution in [2.45, 2.75) is 102 Å². The van der Waals surface area contributed by atoms with Gasteiger partial charge < -0.3 is 21.3 Å². The lowest BCUT2D eigenvalue weighted by molar-refractivity contribution is 0.231. The van der Waals surface area contributed by atoms with Gasteiger partial charge in [0, 0.05) is 25.2 Å². The predicted octanol–water partition coefficient (Wildman–Crippen LogP) is 3.81. The van der Waals surface area contributed by atoms with Crippen LogP contribution in [0.3, 0.4) is 0 Å². The van der Waals surface area contributed by atoms with Crippen molar-refractivity contribution in [3.8, 4) is 0 Å². The summed E-state index contributed by atoms with van der Waals surface area (Å²) in [6.45, 7) is 1.46. The fraction of sp³-hybridized carbons (Fsp3) is 0.900. The molecule has 150 valence electrons. The second-order valence-electron chi connectivity index (χ2n) is 7.88. The van der Waals surface area contributed by atoms with Crippen LogP contribution in [0.4, 0.5) is 9.59 Å². The highest BCUT2D eigenvalue weighted by Crippen LogP contribution is 2.17. The summed E-state index contributed by atoms with van der Waals surface area (Å²) in [6, 6.07) is 0.708. The van der Waals surface area contributed by atoms with Gasteiger partial charge in [-0.15, -0.1) is 0 Å². The first-order valence-electron chi connectivity index (χ1n) is 10.8. The molecule has 0 saturated heterocycles. The SMILES string of the molecule is O=C(NCCCCCCNC(=O)NC1CCCCC1)NC1CCCCC1. The molecule has 2 aliphatic carbocycles. The van der Waals surface area contributed by atoms with E-state index in [1.54, 1.807) is 0 Å². The van der Waals surface area contributed by atoms with Gasteiger partial charge >= 0.3 is 12.1 Å². The van der Waals surface area contributed by atoms with Crippen LogP contribution in [-0.4, -0.2) is 37.2 Å². The number of hydrogen-bond acceptors (Lipinski definition) is 2. The minimum absolute atomic E-state index is 0.0158. The number of hydrogen-bond donors (Lipinski definition) is 4. The first-order chi connectivity index (χ1) is 12.7. The molecule has 0 aromatic rings. The summed E-state index contributed by atoms with van der Waals surface area (Å²) >= 11 is 0. The van der Waals surface area contributed by atoms with Crippen LogP contribution in [0.15, 0.2) is 0 Å². The van der Waals surface area contributed by atoms with Gasteiger partial charge in [0.25, 0.3) is 0 Å². The molecule has 0 aliphatic heterocycles. The average Bonchev–Trinajstić information content (AvgIpc) is 2.65. The summed E-state index contributed by atoms with van der Waals surface area (Å²) in [7, 11) is 0. The van der Waals surface area contributed by atoms with Gasteiger partial charge in [0.1, 0.15) is 0 Å². The van der Waals surface area contributed by atoms with Crippen LogP contribution in [0, 0.1) is 0 Å². The summed E-state index contributed by atoms with van der Waals surface area (Å²) in [6.07, 6.45) is 16.2. The van der Waals surface area contributed by atoms with Gasteiger partial charge in [-0.25, -0.2) is 9.59 Å². The molecule has 0 spiro atoms. The first-order valence-corrected chi connectivity index (χ1v) is 10.8. The molecule has 2 fully saturated rings. The Labute approximate surface area is 158 Å². The molecule has 6 heteroatoms. The Morgan fingerprint density at radius 2 is 0.962 bits per heavy atom. The fourth-order valence-corrected chi connectivity index (χ4v) is 3.97. The van der Waals surface area contributed by atoms with E-state index in [1.165, 1.54) is 38.5 Å². The van der Waals surface area contributed by atoms with Crippen molar-refractivity contribution >= 4 is 12.1 Å². The van der Waals surface area contributed by atoms with Gasteiger partial charge in [0.15, 0.2) is 0 Å². The molecule has 2 saturated carbocycles. The van der Waals surface area contributed by atoms with Gasteiger partial charge in [-0.2, -0.15) is 0 Å². The minimum Gasteiger partial charge on any atom is -0.338 e. The molecule has 26 heavy (non-hydrogen) atoms. The maximum Gasteiger partial charge on any atom is 0.315 e. The van der Waals surface area contributed by atoms with E-state index in [0.29, 0.717) is 12.1 Å². The topological polar surface area (TPSA) is 82.3 Å². The lowest BCUT2D eigenvalue weighted by atomic mass is 9.96. The highest BCUT2D eigenvalue weighted by atomic mass is 16.2. The van der Waals surface area contributed by atoms with E-state index in [2.05, 4.69) is 21.3 Å². The van der Waals surface area contributed by atoms with Crippen molar-refractivity contribution in [3.05, 3.63) is 0 Å². The van der Waals surface area contributed by atoms with E-state index in [0.717, 1.165) is 64.5 Å². The maximum atomic E-state index is 11.8. The number of unbranched alkanes of at least 4 members (excludes halogenated alkanes) is 3. The third kappa shape index (κ3) is 9.30. The highest BCUT2D eigenvalue weighted by molar-refractivity contribution is 5.74. The molecule has 0 bridgehead atoms. The number of carbonyl (C=O) groups excluding carboxylic acids is 2. The molecule has 0 aromatic heterocycles. The zero-order valence-corrected chi connectivity index (χ0v) is 16.3. The summed E-state index contributed by atoms with van der Waals surface area (Å²) < 4.78 is 0. The second-order valence-corrected chi connectivity index (χ2v) is 7.88. The van der Waals surface area contributed by atoms with Crippen LogP contribution in [0.2, 0.25) is 0 Å². The average molecular weight is 367 g/mol. The monoisotopic (exact) mass is 366 g/mol. The first kappa shape index (κ1) is 20.8. The van der Waals surface area contributed by atoms with Gasteiger partial charge in [-0.1, -0.05) is 51.4 Å². The van der Waals surface area contributed by atoms with Crippen LogP contribution in [-0.2, 0) is 0 Å². The van der Waals surface area contributed by atoms with Gasteiger partial charge in [-0.05, 0) is 38.5 Å². The summed E-state index contributed by atoms with van der Waals surface area (Å²) in [5.74, 6) is 0. The zero-order chi connectivity index (χ0) is 18.5. The van der Waals surface area contributed by atoms with Crippen molar-refractivity contribution in [1.82, 2.24) is 21.3 Å². The number of nitrogens with one attached hydrogen (secondary N) is 4. The molecule has 2 rings (SSSR count). The zero-order valence-electron chi connectivity index (χ0n) is 16.3. The Kier molecular flexibility index (Phi) is 10.3. The quantitative estimate of drug-likeness (QED) is 0.468. The van der Waals surface area contributed by atoms with E-state index >= 15 is 0 Å². The van der Waals surface area contributed by atoms with E-state index < -0.39 is 0 Å². The normalized spacial score (nSPS) is 18.9. The molecule has 0 heterocycles. The Morgan fingerprint density at radius 1 is 0.577 bits per heavy atom. The molecular formula is C20H38N4O2. The molecule has 0 unspecified atom stereocenters. The summed E-state index contributed by atoms with van der Waals surface area (Å²) in [4.78, 5) is 23.6. The highest BCUT2D eigenvalue weighted by Gasteiger charge is 2.16. The van der Waals surface area contributed by atoms with E-state index in [-0.39, 0.29) is 12.1 Å². The third-order valence-corrected chi connectivity index (χ3v) is 5.56. The van der Waals surface area contributed by atoms with Crippen LogP contribution in [0.1, 0.15) is 89.9 Å². The van der Waals surface area contributed by atoms with Crippen molar-refractivity contribution < 1.29 is 9.59 Å². The van der Waals surface area contributed by atoms with Crippen LogP contribution < -0.4 is 21.3 Å². The third-order valence-electron chi connectivity index (χ3n) is 5.56. The molecule has 6 nitrogen and oxygen atoms in total. The van der Waals surface area contributed by atoms with Crippen LogP contribution in [0.25, 0.3) is 0 Å². The fourth-order valence-electron chi connectivity index (χ4n) is 3.97. The summed E-state index contributed by atoms with van der Waals surface area (Å²) in [5, 5.41) is 12.1. The Hall–Kier alpha value is -1.46. The molecular weight excluding hydrogens is 328 g/mol. The Bertz CT molecular complexity index is 367. The van der Waals surface area contributed by atoms with Gasteiger partial charge in [0.05, 0.1) is 0 Å². The van der Waals surface area contributed by atoms with Crippen molar-refractivity contribution in [3.63, 3.8) is 0 Å². The van der Waals surface area contributed by atoms with Gasteiger partial charge in [0.2, 0.25) is 0 Å². The number of urea groups is 2. The number of rotatable bonds is 9. The van der Waals surface area contributed by atoms with Crippen LogP contribution in [0.5, 0.6) is 0 Å². The summed E-state index contributed by atoms with van der Waals surface area (Å²) in [5.41, 5.74) is 0. The van der Waals surface area contributed by atoms with Crippen molar-refractivity contribution in [1.29, 1.82) is 0 Å². The molecule has 4 amide bonds. The number of carbonyl (C=O) groups is 2. The smallest absolute Gasteiger partial charge is 0.315 e. The molecule has 0 radical (unpaired) electrons. The number of amides is 4. The molecule has 2 aliphatic rings. The molecule has 0 aromatic carbocycles. The largest absolute Gasteiger partial charge is 0.338 e. The van der Waals surface area contributed by atoms with Gasteiger partial charge in [-0.3, -0.25) is 0 Å². The lowest BCUT2D eigenvalue weighted by Crippen LogP contribution is -2.43. The molecule has 0 atom stereocenters. The van der Waals surface area contributed by atoms with Crippen LogP contribution >= 0.6 is 0 Å². The van der Waals surface area contributed by atoms with E-state index in [1.807, 2.05) is 0 Å². The van der Waals surface area contributed by atoms with Crippen molar-refractivity contribution in [2.24, 2.45) is 0 Å². The van der Waals surface area contributed by atoms with E-state index in [4.69, 9.17) is 0 Å². The Balaban J connectivity index is 1.36. The minimum atomic E-state index is -0.0158. The van der Waals surface area contributed by atoms with Crippen molar-refractivity contribution in [2.75, 3.05) is 13.1 Å².